The number of pyridine rings is 1. The van der Waals surface area contributed by atoms with Crippen LogP contribution in [-0.2, 0) is 4.74 Å². The van der Waals surface area contributed by atoms with Crippen LogP contribution in [0, 0.1) is 10.1 Å². The SMILES string of the molecule is COc1ccc([N+](=O)[O-])c(NCCOC(C)C)n1. The first kappa shape index (κ1) is 14.2. The number of hydrogen-bond acceptors (Lipinski definition) is 6. The van der Waals surface area contributed by atoms with Gasteiger partial charge in [-0.2, -0.15) is 4.98 Å². The summed E-state index contributed by atoms with van der Waals surface area (Å²) < 4.78 is 10.3. The lowest BCUT2D eigenvalue weighted by Gasteiger charge is -2.09. The Morgan fingerprint density at radius 2 is 2.22 bits per heavy atom. The lowest BCUT2D eigenvalue weighted by molar-refractivity contribution is -0.384. The van der Waals surface area contributed by atoms with Crippen LogP contribution < -0.4 is 10.1 Å². The quantitative estimate of drug-likeness (QED) is 0.454. The Morgan fingerprint density at radius 3 is 2.78 bits per heavy atom. The molecule has 7 nitrogen and oxygen atoms in total. The Kier molecular flexibility index (Phi) is 5.31. The molecular weight excluding hydrogens is 238 g/mol. The summed E-state index contributed by atoms with van der Waals surface area (Å²) >= 11 is 0. The molecule has 100 valence electrons. The van der Waals surface area contributed by atoms with Crippen LogP contribution in [0.5, 0.6) is 5.88 Å². The zero-order chi connectivity index (χ0) is 13.5. The first-order valence-electron chi connectivity index (χ1n) is 5.59. The number of nitrogens with zero attached hydrogens (tertiary/aromatic N) is 2. The highest BCUT2D eigenvalue weighted by Crippen LogP contribution is 2.24. The van der Waals surface area contributed by atoms with Crippen molar-refractivity contribution in [1.29, 1.82) is 0 Å². The van der Waals surface area contributed by atoms with Crippen molar-refractivity contribution in [3.05, 3.63) is 22.2 Å². The van der Waals surface area contributed by atoms with Gasteiger partial charge in [-0.15, -0.1) is 0 Å². The van der Waals surface area contributed by atoms with Crippen molar-refractivity contribution >= 4 is 11.5 Å². The van der Waals surface area contributed by atoms with Crippen LogP contribution in [-0.4, -0.2) is 36.3 Å². The van der Waals surface area contributed by atoms with Crippen LogP contribution in [0.4, 0.5) is 11.5 Å². The van der Waals surface area contributed by atoms with Gasteiger partial charge in [0.05, 0.1) is 24.7 Å². The molecule has 0 bridgehead atoms. The number of hydrogen-bond donors (Lipinski definition) is 1. The van der Waals surface area contributed by atoms with Crippen LogP contribution in [0.25, 0.3) is 0 Å². The summed E-state index contributed by atoms with van der Waals surface area (Å²) in [6.45, 7) is 4.74. The topological polar surface area (TPSA) is 86.5 Å². The average molecular weight is 255 g/mol. The van der Waals surface area contributed by atoms with Gasteiger partial charge in [0.25, 0.3) is 0 Å². The molecule has 0 aliphatic heterocycles. The number of anilines is 1. The van der Waals surface area contributed by atoms with E-state index in [4.69, 9.17) is 9.47 Å². The second-order valence-corrected chi connectivity index (χ2v) is 3.82. The number of nitrogens with one attached hydrogen (secondary N) is 1. The molecule has 0 amide bonds. The average Bonchev–Trinajstić information content (AvgIpc) is 2.33. The minimum absolute atomic E-state index is 0.0830. The van der Waals surface area contributed by atoms with Crippen LogP contribution in [0.15, 0.2) is 12.1 Å². The number of nitro groups is 1. The fourth-order valence-corrected chi connectivity index (χ4v) is 1.29. The predicted molar refractivity (Wildman–Crippen MR) is 67.0 cm³/mol. The Balaban J connectivity index is 2.69. The molecule has 1 N–H and O–H groups in total. The second kappa shape index (κ2) is 6.75. The number of aromatic nitrogens is 1. The van der Waals surface area contributed by atoms with E-state index in [9.17, 15) is 10.1 Å². The van der Waals surface area contributed by atoms with Crippen molar-refractivity contribution in [1.82, 2.24) is 4.98 Å². The maximum Gasteiger partial charge on any atom is 0.311 e. The van der Waals surface area contributed by atoms with Crippen LogP contribution in [0.3, 0.4) is 0 Å². The molecule has 1 rings (SSSR count). The third-order valence-electron chi connectivity index (χ3n) is 2.10. The van der Waals surface area contributed by atoms with E-state index in [1.807, 2.05) is 13.8 Å². The van der Waals surface area contributed by atoms with E-state index in [-0.39, 0.29) is 17.6 Å². The summed E-state index contributed by atoms with van der Waals surface area (Å²) in [6, 6.07) is 2.81. The number of rotatable bonds is 7. The maximum absolute atomic E-state index is 10.8. The highest BCUT2D eigenvalue weighted by Gasteiger charge is 2.15. The van der Waals surface area contributed by atoms with Crippen molar-refractivity contribution in [3.63, 3.8) is 0 Å². The Bertz CT molecular complexity index is 409. The molecule has 0 spiro atoms. The van der Waals surface area contributed by atoms with E-state index in [1.165, 1.54) is 19.2 Å². The summed E-state index contributed by atoms with van der Waals surface area (Å²) in [5.74, 6) is 0.514. The molecule has 0 radical (unpaired) electrons. The lowest BCUT2D eigenvalue weighted by atomic mass is 10.4. The molecule has 1 aromatic heterocycles. The summed E-state index contributed by atoms with van der Waals surface area (Å²) in [5.41, 5.74) is -0.0830. The molecule has 0 saturated carbocycles. The Morgan fingerprint density at radius 1 is 1.50 bits per heavy atom. The molecule has 0 saturated heterocycles. The molecule has 1 aromatic rings. The van der Waals surface area contributed by atoms with Crippen molar-refractivity contribution in [2.45, 2.75) is 20.0 Å². The fourth-order valence-electron chi connectivity index (χ4n) is 1.29. The number of ether oxygens (including phenoxy) is 2. The van der Waals surface area contributed by atoms with Crippen LogP contribution >= 0.6 is 0 Å². The molecule has 7 heteroatoms. The van der Waals surface area contributed by atoms with Gasteiger partial charge in [0.2, 0.25) is 11.7 Å². The van der Waals surface area contributed by atoms with Gasteiger partial charge in [-0.05, 0) is 13.8 Å². The molecule has 0 fully saturated rings. The zero-order valence-corrected chi connectivity index (χ0v) is 10.7. The van der Waals surface area contributed by atoms with Gasteiger partial charge in [0.1, 0.15) is 0 Å². The number of methoxy groups -OCH3 is 1. The summed E-state index contributed by atoms with van der Waals surface area (Å²) in [6.07, 6.45) is 0.125. The summed E-state index contributed by atoms with van der Waals surface area (Å²) in [7, 11) is 1.46. The van der Waals surface area contributed by atoms with Crippen molar-refractivity contribution in [2.24, 2.45) is 0 Å². The van der Waals surface area contributed by atoms with E-state index >= 15 is 0 Å². The molecule has 18 heavy (non-hydrogen) atoms. The van der Waals surface area contributed by atoms with Gasteiger partial charge in [0.15, 0.2) is 0 Å². The largest absolute Gasteiger partial charge is 0.481 e. The van der Waals surface area contributed by atoms with E-state index in [0.29, 0.717) is 19.0 Å². The van der Waals surface area contributed by atoms with Gasteiger partial charge in [-0.1, -0.05) is 0 Å². The van der Waals surface area contributed by atoms with Gasteiger partial charge < -0.3 is 14.8 Å². The first-order chi connectivity index (χ1) is 8.54. The van der Waals surface area contributed by atoms with Gasteiger partial charge in [0, 0.05) is 18.7 Å². The third kappa shape index (κ3) is 4.17. The summed E-state index contributed by atoms with van der Waals surface area (Å²) in [5, 5.41) is 13.7. The summed E-state index contributed by atoms with van der Waals surface area (Å²) in [4.78, 5) is 14.3. The van der Waals surface area contributed by atoms with Crippen molar-refractivity contribution in [2.75, 3.05) is 25.6 Å². The fraction of sp³-hybridized carbons (Fsp3) is 0.545. The Hall–Kier alpha value is -1.89. The first-order valence-corrected chi connectivity index (χ1v) is 5.59. The van der Waals surface area contributed by atoms with Crippen LogP contribution in [0.1, 0.15) is 13.8 Å². The van der Waals surface area contributed by atoms with Gasteiger partial charge in [-0.3, -0.25) is 10.1 Å². The smallest absolute Gasteiger partial charge is 0.311 e. The Labute approximate surface area is 105 Å². The zero-order valence-electron chi connectivity index (χ0n) is 10.7. The van der Waals surface area contributed by atoms with Crippen LogP contribution in [0.2, 0.25) is 0 Å². The molecule has 0 unspecified atom stereocenters. The maximum atomic E-state index is 10.8. The standard InChI is InChI=1S/C11H17N3O4/c1-8(2)18-7-6-12-11-9(14(15)16)4-5-10(13-11)17-3/h4-5,8H,6-7H2,1-3H3,(H,12,13). The van der Waals surface area contributed by atoms with E-state index in [1.54, 1.807) is 0 Å². The predicted octanol–water partition coefficient (Wildman–Crippen LogP) is 1.84. The molecule has 1 heterocycles. The van der Waals surface area contributed by atoms with Crippen molar-refractivity contribution < 1.29 is 14.4 Å². The molecule has 0 aliphatic rings. The lowest BCUT2D eigenvalue weighted by Crippen LogP contribution is -2.14. The third-order valence-corrected chi connectivity index (χ3v) is 2.10. The van der Waals surface area contributed by atoms with Crippen molar-refractivity contribution in [3.8, 4) is 5.88 Å². The monoisotopic (exact) mass is 255 g/mol. The minimum Gasteiger partial charge on any atom is -0.481 e. The highest BCUT2D eigenvalue weighted by atomic mass is 16.6. The highest BCUT2D eigenvalue weighted by molar-refractivity contribution is 5.56. The normalized spacial score (nSPS) is 10.4. The second-order valence-electron chi connectivity index (χ2n) is 3.82. The van der Waals surface area contributed by atoms with Gasteiger partial charge >= 0.3 is 5.69 Å². The molecule has 0 aliphatic carbocycles. The molecule has 0 atom stereocenters. The van der Waals surface area contributed by atoms with E-state index in [0.717, 1.165) is 0 Å². The molecule has 0 aromatic carbocycles. The minimum atomic E-state index is -0.488. The van der Waals surface area contributed by atoms with E-state index in [2.05, 4.69) is 10.3 Å². The van der Waals surface area contributed by atoms with E-state index < -0.39 is 4.92 Å². The van der Waals surface area contributed by atoms with Gasteiger partial charge in [-0.25, -0.2) is 0 Å². The molecular formula is C11H17N3O4.